The van der Waals surface area contributed by atoms with Crippen molar-refractivity contribution in [3.8, 4) is 17.5 Å². The molecule has 2 heterocycles. The molecule has 1 aliphatic rings. The fraction of sp³-hybridized carbons (Fsp3) is 0.250. The first-order chi connectivity index (χ1) is 10.5. The number of hydrogen-bond acceptors (Lipinski definition) is 3. The van der Waals surface area contributed by atoms with Gasteiger partial charge in [-0.1, -0.05) is 23.6 Å². The number of imidazole rings is 1. The van der Waals surface area contributed by atoms with Crippen molar-refractivity contribution < 1.29 is 9.90 Å². The van der Waals surface area contributed by atoms with Crippen LogP contribution < -0.4 is 0 Å². The van der Waals surface area contributed by atoms with Gasteiger partial charge in [0.15, 0.2) is 0 Å². The lowest BCUT2D eigenvalue weighted by molar-refractivity contribution is 0.0788. The van der Waals surface area contributed by atoms with Crippen LogP contribution in [0.15, 0.2) is 24.5 Å². The zero-order valence-electron chi connectivity index (χ0n) is 12.2. The summed E-state index contributed by atoms with van der Waals surface area (Å²) in [6, 6.07) is 5.32. The predicted octanol–water partition coefficient (Wildman–Crippen LogP) is 1.84. The maximum absolute atomic E-state index is 12.5. The summed E-state index contributed by atoms with van der Waals surface area (Å²) in [5.41, 5.74) is 2.49. The Balaban J connectivity index is 2.23. The first-order valence-electron chi connectivity index (χ1n) is 6.79. The van der Waals surface area contributed by atoms with E-state index >= 15 is 0 Å². The molecule has 1 unspecified atom stereocenters. The van der Waals surface area contributed by atoms with E-state index in [1.165, 1.54) is 0 Å². The number of fused-ring (bicyclic) bond motifs is 3. The maximum atomic E-state index is 12.5. The van der Waals surface area contributed by atoms with Crippen LogP contribution in [-0.4, -0.2) is 38.6 Å². The highest BCUT2D eigenvalue weighted by molar-refractivity contribution is 6.34. The van der Waals surface area contributed by atoms with Crippen LogP contribution in [0.3, 0.4) is 0 Å². The van der Waals surface area contributed by atoms with E-state index < -0.39 is 6.10 Å². The standard InChI is InChI=1S/C16H14ClN3O2/c1-10(21)6-7-12-14-8-19(2)16(22)15-11(17)4-3-5-13(15)20(14)9-18-12/h3-5,9-10,21H,8H2,1-2H3. The first kappa shape index (κ1) is 14.6. The lowest BCUT2D eigenvalue weighted by Crippen LogP contribution is -2.25. The highest BCUT2D eigenvalue weighted by atomic mass is 35.5. The minimum absolute atomic E-state index is 0.140. The van der Waals surface area contributed by atoms with Crippen molar-refractivity contribution in [1.29, 1.82) is 0 Å². The predicted molar refractivity (Wildman–Crippen MR) is 82.9 cm³/mol. The minimum atomic E-state index is -0.732. The van der Waals surface area contributed by atoms with Crippen molar-refractivity contribution in [2.45, 2.75) is 19.6 Å². The van der Waals surface area contributed by atoms with Gasteiger partial charge in [-0.25, -0.2) is 4.98 Å². The molecule has 1 aromatic carbocycles. The van der Waals surface area contributed by atoms with Crippen LogP contribution >= 0.6 is 11.6 Å². The first-order valence-corrected chi connectivity index (χ1v) is 7.17. The molecule has 0 radical (unpaired) electrons. The molecule has 1 aliphatic heterocycles. The molecule has 22 heavy (non-hydrogen) atoms. The largest absolute Gasteiger partial charge is 0.381 e. The fourth-order valence-electron chi connectivity index (χ4n) is 2.42. The molecule has 1 aromatic heterocycles. The third-order valence-corrected chi connectivity index (χ3v) is 3.78. The number of aliphatic hydroxyl groups excluding tert-OH is 1. The Morgan fingerprint density at radius 3 is 2.95 bits per heavy atom. The van der Waals surface area contributed by atoms with Crippen molar-refractivity contribution >= 4 is 17.5 Å². The molecule has 0 bridgehead atoms. The van der Waals surface area contributed by atoms with E-state index in [0.29, 0.717) is 28.5 Å². The average Bonchev–Trinajstić information content (AvgIpc) is 2.82. The molecule has 0 fully saturated rings. The van der Waals surface area contributed by atoms with Crippen LogP contribution in [-0.2, 0) is 6.54 Å². The summed E-state index contributed by atoms with van der Waals surface area (Å²) in [6.07, 6.45) is 0.896. The lowest BCUT2D eigenvalue weighted by atomic mass is 10.1. The van der Waals surface area contributed by atoms with E-state index in [0.717, 1.165) is 5.69 Å². The van der Waals surface area contributed by atoms with Gasteiger partial charge in [0.25, 0.3) is 5.91 Å². The number of halogens is 1. The van der Waals surface area contributed by atoms with Crippen LogP contribution in [0.4, 0.5) is 0 Å². The third-order valence-electron chi connectivity index (χ3n) is 3.46. The molecule has 1 amide bonds. The van der Waals surface area contributed by atoms with Gasteiger partial charge in [-0.2, -0.15) is 0 Å². The average molecular weight is 316 g/mol. The number of hydrogen-bond donors (Lipinski definition) is 1. The molecule has 112 valence electrons. The van der Waals surface area contributed by atoms with Crippen molar-refractivity contribution in [2.75, 3.05) is 7.05 Å². The van der Waals surface area contributed by atoms with Gasteiger partial charge >= 0.3 is 0 Å². The van der Waals surface area contributed by atoms with Gasteiger partial charge in [0, 0.05) is 7.05 Å². The second-order valence-electron chi connectivity index (χ2n) is 5.15. The molecule has 2 aromatic rings. The molecule has 0 spiro atoms. The third kappa shape index (κ3) is 2.37. The smallest absolute Gasteiger partial charge is 0.257 e. The Bertz CT molecular complexity index is 815. The van der Waals surface area contributed by atoms with E-state index in [1.54, 1.807) is 37.3 Å². The summed E-state index contributed by atoms with van der Waals surface area (Å²) >= 11 is 6.21. The molecule has 1 atom stereocenters. The van der Waals surface area contributed by atoms with Crippen LogP contribution in [0.1, 0.15) is 28.7 Å². The van der Waals surface area contributed by atoms with E-state index in [9.17, 15) is 9.90 Å². The van der Waals surface area contributed by atoms with Crippen LogP contribution in [0, 0.1) is 11.8 Å². The maximum Gasteiger partial charge on any atom is 0.257 e. The molecule has 3 rings (SSSR count). The summed E-state index contributed by atoms with van der Waals surface area (Å²) in [5, 5.41) is 9.72. The molecule has 1 N–H and O–H groups in total. The number of rotatable bonds is 0. The van der Waals surface area contributed by atoms with Crippen molar-refractivity contribution in [3.63, 3.8) is 0 Å². The highest BCUT2D eigenvalue weighted by Crippen LogP contribution is 2.29. The molecule has 5 nitrogen and oxygen atoms in total. The number of amides is 1. The van der Waals surface area contributed by atoms with Gasteiger partial charge in [0.2, 0.25) is 0 Å². The summed E-state index contributed by atoms with van der Waals surface area (Å²) in [7, 11) is 1.71. The summed E-state index contributed by atoms with van der Waals surface area (Å²) in [5.74, 6) is 5.40. The molecule has 0 saturated carbocycles. The monoisotopic (exact) mass is 315 g/mol. The fourth-order valence-corrected chi connectivity index (χ4v) is 2.67. The van der Waals surface area contributed by atoms with E-state index in [-0.39, 0.29) is 5.91 Å². The Hall–Kier alpha value is -2.29. The van der Waals surface area contributed by atoms with Crippen molar-refractivity contribution in [1.82, 2.24) is 14.5 Å². The number of aromatic nitrogens is 2. The molecule has 0 aliphatic carbocycles. The second-order valence-corrected chi connectivity index (χ2v) is 5.56. The summed E-state index contributed by atoms with van der Waals surface area (Å²) in [4.78, 5) is 18.4. The zero-order chi connectivity index (χ0) is 15.9. The van der Waals surface area contributed by atoms with Gasteiger partial charge in [0.1, 0.15) is 18.1 Å². The Morgan fingerprint density at radius 1 is 1.45 bits per heavy atom. The van der Waals surface area contributed by atoms with Crippen LogP contribution in [0.2, 0.25) is 5.02 Å². The van der Waals surface area contributed by atoms with Crippen molar-refractivity contribution in [2.24, 2.45) is 0 Å². The molecular formula is C16H14ClN3O2. The summed E-state index contributed by atoms with van der Waals surface area (Å²) < 4.78 is 1.83. The molecule has 6 heteroatoms. The minimum Gasteiger partial charge on any atom is -0.381 e. The second kappa shape index (κ2) is 5.48. The van der Waals surface area contributed by atoms with Crippen LogP contribution in [0.25, 0.3) is 5.69 Å². The number of benzene rings is 1. The van der Waals surface area contributed by atoms with E-state index in [1.807, 2.05) is 10.6 Å². The quantitative estimate of drug-likeness (QED) is 0.755. The number of carbonyl (C=O) groups excluding carboxylic acids is 1. The Labute approximate surface area is 133 Å². The highest BCUT2D eigenvalue weighted by Gasteiger charge is 2.27. The number of aliphatic hydroxyl groups is 1. The lowest BCUT2D eigenvalue weighted by Gasteiger charge is -2.14. The van der Waals surface area contributed by atoms with Gasteiger partial charge in [-0.15, -0.1) is 0 Å². The summed E-state index contributed by atoms with van der Waals surface area (Å²) in [6.45, 7) is 1.96. The molecular weight excluding hydrogens is 302 g/mol. The van der Waals surface area contributed by atoms with E-state index in [2.05, 4.69) is 16.8 Å². The van der Waals surface area contributed by atoms with Gasteiger partial charge < -0.3 is 10.0 Å². The van der Waals surface area contributed by atoms with E-state index in [4.69, 9.17) is 11.6 Å². The Morgan fingerprint density at radius 2 is 2.23 bits per heavy atom. The SMILES string of the molecule is CC(O)C#Cc1ncn2c1CN(C)C(=O)c1c(Cl)cccc1-2. The number of carbonyl (C=O) groups is 1. The van der Waals surface area contributed by atoms with Gasteiger partial charge in [-0.05, 0) is 25.0 Å². The zero-order valence-corrected chi connectivity index (χ0v) is 12.9. The normalized spacial score (nSPS) is 14.5. The van der Waals surface area contributed by atoms with Gasteiger partial charge in [-0.3, -0.25) is 9.36 Å². The van der Waals surface area contributed by atoms with Gasteiger partial charge in [0.05, 0.1) is 28.5 Å². The molecule has 0 saturated heterocycles. The topological polar surface area (TPSA) is 58.4 Å². The van der Waals surface area contributed by atoms with Crippen molar-refractivity contribution in [3.05, 3.63) is 46.5 Å². The van der Waals surface area contributed by atoms with Crippen LogP contribution in [0.5, 0.6) is 0 Å². The Kier molecular flexibility index (Phi) is 3.65. The number of nitrogens with zero attached hydrogens (tertiary/aromatic N) is 3.